The number of ether oxygens (including phenoxy) is 1. The zero-order valence-electron chi connectivity index (χ0n) is 16.7. The van der Waals surface area contributed by atoms with Gasteiger partial charge in [-0.3, -0.25) is 0 Å². The van der Waals surface area contributed by atoms with E-state index in [2.05, 4.69) is 11.8 Å². The Morgan fingerprint density at radius 2 is 1.97 bits per heavy atom. The van der Waals surface area contributed by atoms with Crippen LogP contribution in [-0.2, 0) is 10.9 Å². The number of alkyl halides is 3. The lowest BCUT2D eigenvalue weighted by Crippen LogP contribution is -2.49. The molecule has 2 aromatic carbocycles. The van der Waals surface area contributed by atoms with Gasteiger partial charge in [-0.15, -0.1) is 0 Å². The Hall–Kier alpha value is -2.69. The number of hydrogen-bond acceptors (Lipinski definition) is 3. The van der Waals surface area contributed by atoms with Crippen molar-refractivity contribution >= 4 is 17.7 Å². The molecule has 2 atom stereocenters. The molecule has 0 saturated carbocycles. The van der Waals surface area contributed by atoms with E-state index in [1.807, 2.05) is 0 Å². The molecule has 8 heteroatoms. The number of hydrogen-bond donors (Lipinski definition) is 1. The average molecular weight is 452 g/mol. The van der Waals surface area contributed by atoms with Crippen molar-refractivity contribution in [1.29, 1.82) is 0 Å². The number of nitrogens with zero attached hydrogens (tertiary/aromatic N) is 1. The highest BCUT2D eigenvalue weighted by Gasteiger charge is 2.35. The summed E-state index contributed by atoms with van der Waals surface area (Å²) in [6, 6.07) is 11.4. The lowest BCUT2D eigenvalue weighted by molar-refractivity contribution is -0.137. The molecular weight excluding hydrogens is 431 g/mol. The lowest BCUT2D eigenvalue weighted by atomic mass is 9.93. The number of β-amino-alcohol motifs (C(OH)–C–C–N with tert-alkyl or cyclic N) is 1. The average Bonchev–Trinajstić information content (AvgIpc) is 2.72. The molecule has 0 spiro atoms. The van der Waals surface area contributed by atoms with Crippen molar-refractivity contribution in [2.75, 3.05) is 13.1 Å². The van der Waals surface area contributed by atoms with Gasteiger partial charge >= 0.3 is 12.3 Å². The van der Waals surface area contributed by atoms with Gasteiger partial charge in [0.2, 0.25) is 0 Å². The Bertz CT molecular complexity index is 998. The van der Waals surface area contributed by atoms with Crippen LogP contribution in [0.1, 0.15) is 42.6 Å². The summed E-state index contributed by atoms with van der Waals surface area (Å²) in [5.41, 5.74) is -1.07. The van der Waals surface area contributed by atoms with Crippen LogP contribution in [0, 0.1) is 11.8 Å². The van der Waals surface area contributed by atoms with Crippen LogP contribution in [0.2, 0.25) is 5.02 Å². The van der Waals surface area contributed by atoms with E-state index in [0.717, 1.165) is 12.1 Å². The summed E-state index contributed by atoms with van der Waals surface area (Å²) < 4.78 is 43.5. The number of piperidine rings is 1. The number of likely N-dealkylation sites (tertiary alicyclic amines) is 1. The topological polar surface area (TPSA) is 49.8 Å². The second-order valence-corrected chi connectivity index (χ2v) is 7.90. The molecule has 1 aliphatic heterocycles. The largest absolute Gasteiger partial charge is 0.442 e. The first kappa shape index (κ1) is 23.0. The molecule has 1 saturated heterocycles. The predicted octanol–water partition coefficient (Wildman–Crippen LogP) is 5.44. The molecule has 0 bridgehead atoms. The number of benzene rings is 2. The summed E-state index contributed by atoms with van der Waals surface area (Å²) in [6.45, 7) is 1.94. The summed E-state index contributed by atoms with van der Waals surface area (Å²) in [5.74, 6) is 5.71. The van der Waals surface area contributed by atoms with E-state index < -0.39 is 29.5 Å². The number of halogens is 4. The molecule has 1 amide bonds. The first-order valence-corrected chi connectivity index (χ1v) is 10.1. The SMILES string of the molecule is CC(OC(=O)N1CCCC(O)(C#Cc2cccc(Cl)c2)C1)c1ccc(C(F)(F)F)cc1. The summed E-state index contributed by atoms with van der Waals surface area (Å²) in [6.07, 6.45) is -4.90. The minimum Gasteiger partial charge on any atom is -0.442 e. The number of carbonyl (C=O) groups is 1. The van der Waals surface area contributed by atoms with Gasteiger partial charge in [0.1, 0.15) is 11.7 Å². The van der Waals surface area contributed by atoms with Gasteiger partial charge < -0.3 is 14.7 Å². The number of aliphatic hydroxyl groups is 1. The summed E-state index contributed by atoms with van der Waals surface area (Å²) >= 11 is 5.94. The highest BCUT2D eigenvalue weighted by atomic mass is 35.5. The van der Waals surface area contributed by atoms with Crippen LogP contribution in [0.5, 0.6) is 0 Å². The van der Waals surface area contributed by atoms with Crippen molar-refractivity contribution in [2.24, 2.45) is 0 Å². The minimum atomic E-state index is -4.43. The van der Waals surface area contributed by atoms with Gasteiger partial charge in [0.05, 0.1) is 12.1 Å². The molecule has 2 unspecified atom stereocenters. The second-order valence-electron chi connectivity index (χ2n) is 7.46. The normalized spacial score (nSPS) is 19.9. The van der Waals surface area contributed by atoms with Gasteiger partial charge in [-0.25, -0.2) is 4.79 Å². The van der Waals surface area contributed by atoms with Crippen LogP contribution in [0.15, 0.2) is 48.5 Å². The molecule has 2 aromatic rings. The van der Waals surface area contributed by atoms with E-state index in [1.165, 1.54) is 17.0 Å². The highest BCUT2D eigenvalue weighted by molar-refractivity contribution is 6.30. The molecular formula is C23H21ClF3NO3. The van der Waals surface area contributed by atoms with Gasteiger partial charge in [0.25, 0.3) is 0 Å². The third-order valence-electron chi connectivity index (χ3n) is 4.98. The Morgan fingerprint density at radius 3 is 2.61 bits per heavy atom. The fourth-order valence-electron chi connectivity index (χ4n) is 3.29. The number of rotatable bonds is 2. The molecule has 1 fully saturated rings. The summed E-state index contributed by atoms with van der Waals surface area (Å²) in [7, 11) is 0. The third kappa shape index (κ3) is 6.16. The van der Waals surface area contributed by atoms with Crippen molar-refractivity contribution < 1.29 is 27.8 Å². The maximum atomic E-state index is 12.7. The third-order valence-corrected chi connectivity index (χ3v) is 5.21. The van der Waals surface area contributed by atoms with Crippen LogP contribution >= 0.6 is 11.6 Å². The highest BCUT2D eigenvalue weighted by Crippen LogP contribution is 2.30. The number of amides is 1. The standard InChI is InChI=1S/C23H21ClF3NO3/c1-16(18-6-8-19(9-7-18)23(25,26)27)31-21(29)28-13-3-11-22(30,15-28)12-10-17-4-2-5-20(24)14-17/h2,4-9,14,16,30H,3,11,13,15H2,1H3. The van der Waals surface area contributed by atoms with E-state index in [-0.39, 0.29) is 6.54 Å². The Morgan fingerprint density at radius 1 is 1.26 bits per heavy atom. The monoisotopic (exact) mass is 451 g/mol. The van der Waals surface area contributed by atoms with Crippen LogP contribution < -0.4 is 0 Å². The molecule has 0 aliphatic carbocycles. The molecule has 164 valence electrons. The first-order chi connectivity index (χ1) is 14.6. The van der Waals surface area contributed by atoms with E-state index in [0.29, 0.717) is 35.5 Å². The number of carbonyl (C=O) groups excluding carboxylic acids is 1. The molecule has 0 aromatic heterocycles. The van der Waals surface area contributed by atoms with Gasteiger partial charge in [-0.05, 0) is 55.7 Å². The smallest absolute Gasteiger partial charge is 0.416 e. The van der Waals surface area contributed by atoms with Gasteiger partial charge in [0.15, 0.2) is 0 Å². The van der Waals surface area contributed by atoms with E-state index >= 15 is 0 Å². The van der Waals surface area contributed by atoms with Gasteiger partial charge in [-0.1, -0.05) is 41.6 Å². The lowest BCUT2D eigenvalue weighted by Gasteiger charge is -2.35. The molecule has 1 heterocycles. The van der Waals surface area contributed by atoms with E-state index in [4.69, 9.17) is 16.3 Å². The van der Waals surface area contributed by atoms with E-state index in [1.54, 1.807) is 31.2 Å². The van der Waals surface area contributed by atoms with Crippen LogP contribution in [0.3, 0.4) is 0 Å². The van der Waals surface area contributed by atoms with Crippen molar-refractivity contribution in [2.45, 2.75) is 37.6 Å². The quantitative estimate of drug-likeness (QED) is 0.619. The van der Waals surface area contributed by atoms with Gasteiger partial charge in [0, 0.05) is 17.1 Å². The van der Waals surface area contributed by atoms with Crippen molar-refractivity contribution in [3.05, 3.63) is 70.2 Å². The molecule has 0 radical (unpaired) electrons. The molecule has 4 nitrogen and oxygen atoms in total. The predicted molar refractivity (Wildman–Crippen MR) is 110 cm³/mol. The fraction of sp³-hybridized carbons (Fsp3) is 0.348. The summed E-state index contributed by atoms with van der Waals surface area (Å²) in [5, 5.41) is 11.3. The van der Waals surface area contributed by atoms with Crippen molar-refractivity contribution in [3.8, 4) is 11.8 Å². The van der Waals surface area contributed by atoms with Crippen molar-refractivity contribution in [3.63, 3.8) is 0 Å². The Balaban J connectivity index is 1.64. The fourth-order valence-corrected chi connectivity index (χ4v) is 3.48. The first-order valence-electron chi connectivity index (χ1n) is 9.70. The molecule has 1 N–H and O–H groups in total. The Kier molecular flexibility index (Phi) is 6.83. The Labute approximate surface area is 183 Å². The molecule has 1 aliphatic rings. The zero-order chi connectivity index (χ0) is 22.6. The second kappa shape index (κ2) is 9.21. The molecule has 31 heavy (non-hydrogen) atoms. The van der Waals surface area contributed by atoms with Crippen molar-refractivity contribution in [1.82, 2.24) is 4.90 Å². The maximum absolute atomic E-state index is 12.7. The molecule has 3 rings (SSSR count). The summed E-state index contributed by atoms with van der Waals surface area (Å²) in [4.78, 5) is 13.9. The van der Waals surface area contributed by atoms with E-state index in [9.17, 15) is 23.1 Å². The van der Waals surface area contributed by atoms with Crippen LogP contribution in [-0.4, -0.2) is 34.8 Å². The maximum Gasteiger partial charge on any atom is 0.416 e. The zero-order valence-corrected chi connectivity index (χ0v) is 17.5. The minimum absolute atomic E-state index is 0.0286. The van der Waals surface area contributed by atoms with Gasteiger partial charge in [-0.2, -0.15) is 13.2 Å². The van der Waals surface area contributed by atoms with Crippen LogP contribution in [0.25, 0.3) is 0 Å². The van der Waals surface area contributed by atoms with Crippen LogP contribution in [0.4, 0.5) is 18.0 Å².